The number of hydrogen-bond donors (Lipinski definition) is 4. The zero-order valence-corrected chi connectivity index (χ0v) is 21.9. The first kappa shape index (κ1) is 30.8. The molecule has 11 nitrogen and oxygen atoms in total. The van der Waals surface area contributed by atoms with E-state index in [1.54, 1.807) is 29.2 Å². The predicted octanol–water partition coefficient (Wildman–Crippen LogP) is 3.12. The number of carbonyl (C=O) groups excluding carboxylic acids is 3. The summed E-state index contributed by atoms with van der Waals surface area (Å²) >= 11 is 0. The van der Waals surface area contributed by atoms with Crippen molar-refractivity contribution in [1.29, 1.82) is 0 Å². The Kier molecular flexibility index (Phi) is 9.84. The van der Waals surface area contributed by atoms with E-state index in [1.807, 2.05) is 37.3 Å². The Balaban J connectivity index is 0.000000587. The third-order valence-electron chi connectivity index (χ3n) is 6.12. The zero-order chi connectivity index (χ0) is 30.3. The molecule has 4 N–H and O–H groups in total. The number of rotatable bonds is 7. The summed E-state index contributed by atoms with van der Waals surface area (Å²) < 4.78 is 37.7. The summed E-state index contributed by atoms with van der Waals surface area (Å²) in [5, 5.41) is 19.6. The molecule has 2 heterocycles. The van der Waals surface area contributed by atoms with Crippen LogP contribution in [0.15, 0.2) is 54.6 Å². The van der Waals surface area contributed by atoms with Crippen LogP contribution in [0.5, 0.6) is 5.75 Å². The number of nitrogens with zero attached hydrogens (tertiary/aromatic N) is 2. The molecule has 0 spiro atoms. The van der Waals surface area contributed by atoms with Gasteiger partial charge in [0.1, 0.15) is 18.4 Å². The Labute approximate surface area is 231 Å². The van der Waals surface area contributed by atoms with Crippen LogP contribution in [0.2, 0.25) is 0 Å². The van der Waals surface area contributed by atoms with Gasteiger partial charge in [-0.05, 0) is 49.7 Å². The van der Waals surface area contributed by atoms with Crippen LogP contribution >= 0.6 is 0 Å². The number of ether oxygens (including phenoxy) is 1. The van der Waals surface area contributed by atoms with E-state index < -0.39 is 35.9 Å². The summed E-state index contributed by atoms with van der Waals surface area (Å²) in [4.78, 5) is 51.4. The van der Waals surface area contributed by atoms with Gasteiger partial charge < -0.3 is 20.1 Å². The summed E-state index contributed by atoms with van der Waals surface area (Å²) in [7, 11) is 0. The third-order valence-corrected chi connectivity index (χ3v) is 6.12. The Morgan fingerprint density at radius 2 is 1.78 bits per heavy atom. The largest absolute Gasteiger partial charge is 0.490 e. The molecule has 1 fully saturated rings. The van der Waals surface area contributed by atoms with Gasteiger partial charge in [-0.15, -0.1) is 0 Å². The van der Waals surface area contributed by atoms with Gasteiger partial charge >= 0.3 is 12.1 Å². The molecule has 0 radical (unpaired) electrons. The lowest BCUT2D eigenvalue weighted by atomic mass is 9.97. The normalized spacial score (nSPS) is 15.5. The SMILES string of the molecule is CC(=O)N[C@H](C(=O)NO)[C@H]1CCN(c2ccc(OCc3cc(C)nc4ccccc34)cc2)C1=O.O=C(O)C(F)(F)F. The maximum Gasteiger partial charge on any atom is 0.490 e. The highest BCUT2D eigenvalue weighted by Crippen LogP contribution is 2.29. The first-order valence-corrected chi connectivity index (χ1v) is 12.2. The van der Waals surface area contributed by atoms with Crippen LogP contribution in [0, 0.1) is 12.8 Å². The van der Waals surface area contributed by atoms with E-state index in [0.717, 1.165) is 22.2 Å². The van der Waals surface area contributed by atoms with Gasteiger partial charge in [-0.1, -0.05) is 18.2 Å². The fraction of sp³-hybridized carbons (Fsp3) is 0.296. The highest BCUT2D eigenvalue weighted by molar-refractivity contribution is 6.01. The first-order valence-electron chi connectivity index (χ1n) is 12.2. The minimum Gasteiger partial charge on any atom is -0.489 e. The maximum absolute atomic E-state index is 13.0. The number of pyridine rings is 1. The number of anilines is 1. The van der Waals surface area contributed by atoms with Gasteiger partial charge in [0.15, 0.2) is 0 Å². The van der Waals surface area contributed by atoms with Crippen LogP contribution in [0.3, 0.4) is 0 Å². The van der Waals surface area contributed by atoms with Crippen molar-refractivity contribution in [3.05, 3.63) is 65.9 Å². The Hall–Kier alpha value is -4.72. The monoisotopic (exact) mass is 576 g/mol. The number of nitrogens with one attached hydrogen (secondary N) is 2. The smallest absolute Gasteiger partial charge is 0.489 e. The molecular formula is C27H27F3N4O7. The van der Waals surface area contributed by atoms with Gasteiger partial charge in [-0.3, -0.25) is 24.6 Å². The molecule has 1 aromatic heterocycles. The fourth-order valence-electron chi connectivity index (χ4n) is 4.30. The van der Waals surface area contributed by atoms with E-state index >= 15 is 0 Å². The minimum absolute atomic E-state index is 0.297. The predicted molar refractivity (Wildman–Crippen MR) is 139 cm³/mol. The molecular weight excluding hydrogens is 549 g/mol. The van der Waals surface area contributed by atoms with E-state index in [0.29, 0.717) is 31.0 Å². The topological polar surface area (TPSA) is 158 Å². The number of hydroxylamine groups is 1. The van der Waals surface area contributed by atoms with Crippen molar-refractivity contribution in [2.45, 2.75) is 39.1 Å². The van der Waals surface area contributed by atoms with Gasteiger partial charge in [0.2, 0.25) is 11.8 Å². The van der Waals surface area contributed by atoms with Gasteiger partial charge in [0, 0.05) is 35.8 Å². The number of aliphatic carboxylic acids is 1. The lowest BCUT2D eigenvalue weighted by Gasteiger charge is -2.22. The molecule has 3 amide bonds. The number of para-hydroxylation sites is 1. The quantitative estimate of drug-likeness (QED) is 0.247. The summed E-state index contributed by atoms with van der Waals surface area (Å²) in [6.45, 7) is 3.97. The lowest BCUT2D eigenvalue weighted by molar-refractivity contribution is -0.192. The number of alkyl halides is 3. The number of halogens is 3. The molecule has 1 saturated heterocycles. The number of aryl methyl sites for hydroxylation is 1. The van der Waals surface area contributed by atoms with E-state index in [1.165, 1.54) is 12.4 Å². The Bertz CT molecular complexity index is 1430. The van der Waals surface area contributed by atoms with Crippen molar-refractivity contribution in [3.8, 4) is 5.75 Å². The van der Waals surface area contributed by atoms with E-state index in [9.17, 15) is 27.6 Å². The van der Waals surface area contributed by atoms with Crippen LogP contribution < -0.4 is 20.4 Å². The molecule has 41 heavy (non-hydrogen) atoms. The average molecular weight is 577 g/mol. The van der Waals surface area contributed by atoms with Crippen LogP contribution in [0.1, 0.15) is 24.6 Å². The molecule has 0 saturated carbocycles. The summed E-state index contributed by atoms with van der Waals surface area (Å²) in [6, 6.07) is 15.9. The highest BCUT2D eigenvalue weighted by Gasteiger charge is 2.42. The Morgan fingerprint density at radius 1 is 1.15 bits per heavy atom. The molecule has 3 aromatic rings. The molecule has 4 rings (SSSR count). The molecule has 1 aliphatic rings. The molecule has 0 unspecified atom stereocenters. The van der Waals surface area contributed by atoms with Crippen molar-refractivity contribution < 1.29 is 47.4 Å². The molecule has 2 aromatic carbocycles. The van der Waals surface area contributed by atoms with Gasteiger partial charge in [-0.2, -0.15) is 13.2 Å². The van der Waals surface area contributed by atoms with E-state index in [2.05, 4.69) is 10.3 Å². The molecule has 2 atom stereocenters. The second kappa shape index (κ2) is 13.1. The van der Waals surface area contributed by atoms with Crippen molar-refractivity contribution in [3.63, 3.8) is 0 Å². The van der Waals surface area contributed by atoms with E-state index in [-0.39, 0.29) is 5.91 Å². The third kappa shape index (κ3) is 7.91. The molecule has 14 heteroatoms. The van der Waals surface area contributed by atoms with Gasteiger partial charge in [-0.25, -0.2) is 10.3 Å². The van der Waals surface area contributed by atoms with Gasteiger partial charge in [0.05, 0.1) is 11.4 Å². The van der Waals surface area contributed by atoms with E-state index in [4.69, 9.17) is 19.8 Å². The average Bonchev–Trinajstić information content (AvgIpc) is 3.30. The number of aromatic nitrogens is 1. The second-order valence-electron chi connectivity index (χ2n) is 9.06. The standard InChI is InChI=1S/C25H26N4O5.C2HF3O2/c1-15-13-17(20-5-3-4-6-22(20)26-15)14-34-19-9-7-18(8-10-19)29-12-11-21(25(29)32)23(24(31)28-33)27-16(2)30;3-2(4,5)1(6)7/h3-10,13,21,23,33H,11-12,14H2,1-2H3,(H,27,30)(H,28,31);(H,6,7)/t21-,23+;/m1./s1. The molecule has 218 valence electrons. The summed E-state index contributed by atoms with van der Waals surface area (Å²) in [6.07, 6.45) is -4.72. The second-order valence-corrected chi connectivity index (χ2v) is 9.06. The van der Waals surface area contributed by atoms with Crippen molar-refractivity contribution in [1.82, 2.24) is 15.8 Å². The van der Waals surface area contributed by atoms with Crippen molar-refractivity contribution in [2.75, 3.05) is 11.4 Å². The van der Waals surface area contributed by atoms with Crippen LogP contribution in [-0.2, 0) is 25.8 Å². The highest BCUT2D eigenvalue weighted by atomic mass is 19.4. The number of amides is 3. The molecule has 0 aliphatic carbocycles. The lowest BCUT2D eigenvalue weighted by Crippen LogP contribution is -2.51. The number of hydrogen-bond acceptors (Lipinski definition) is 7. The zero-order valence-electron chi connectivity index (χ0n) is 21.9. The Morgan fingerprint density at radius 3 is 2.37 bits per heavy atom. The van der Waals surface area contributed by atoms with Crippen LogP contribution in [-0.4, -0.2) is 57.8 Å². The summed E-state index contributed by atoms with van der Waals surface area (Å²) in [5.74, 6) is -4.45. The fourth-order valence-corrected chi connectivity index (χ4v) is 4.30. The van der Waals surface area contributed by atoms with Crippen LogP contribution in [0.25, 0.3) is 10.9 Å². The van der Waals surface area contributed by atoms with Gasteiger partial charge in [0.25, 0.3) is 5.91 Å². The summed E-state index contributed by atoms with van der Waals surface area (Å²) in [5.41, 5.74) is 5.07. The van der Waals surface area contributed by atoms with Crippen molar-refractivity contribution >= 4 is 40.3 Å². The molecule has 1 aliphatic heterocycles. The molecule has 0 bridgehead atoms. The number of carbonyl (C=O) groups is 4. The number of benzene rings is 2. The first-order chi connectivity index (χ1) is 19.3. The van der Waals surface area contributed by atoms with Crippen molar-refractivity contribution in [2.24, 2.45) is 5.92 Å². The number of carboxylic acids is 1. The maximum atomic E-state index is 13.0. The number of carboxylic acid groups (broad SMARTS) is 1. The van der Waals surface area contributed by atoms with Crippen LogP contribution in [0.4, 0.5) is 18.9 Å². The minimum atomic E-state index is -5.08. The number of fused-ring (bicyclic) bond motifs is 1.